The fraction of sp³-hybridized carbons (Fsp3) is 0. The Kier molecular flexibility index (Phi) is 2.27. The number of hydrogen-bond acceptors (Lipinski definition) is 2. The molecule has 0 radical (unpaired) electrons. The van der Waals surface area contributed by atoms with Crippen LogP contribution < -0.4 is 5.73 Å². The largest absolute Gasteiger partial charge is 0.399 e. The molecule has 0 aliphatic heterocycles. The summed E-state index contributed by atoms with van der Waals surface area (Å²) in [6.07, 6.45) is 1.82. The molecular weight excluding hydrogens is 234 g/mol. The Labute approximate surface area is 103 Å². The van der Waals surface area contributed by atoms with E-state index in [1.54, 1.807) is 6.07 Å². The van der Waals surface area contributed by atoms with E-state index >= 15 is 0 Å². The van der Waals surface area contributed by atoms with E-state index in [-0.39, 0.29) is 0 Å². The number of halogens is 1. The predicted octanol–water partition coefficient (Wildman–Crippen LogP) is 3.26. The van der Waals surface area contributed by atoms with E-state index in [1.165, 1.54) is 0 Å². The maximum atomic E-state index is 6.18. The molecule has 0 aliphatic rings. The van der Waals surface area contributed by atoms with Crippen molar-refractivity contribution in [2.75, 3.05) is 5.73 Å². The summed E-state index contributed by atoms with van der Waals surface area (Å²) >= 11 is 6.18. The van der Waals surface area contributed by atoms with Crippen LogP contribution in [0.2, 0.25) is 5.02 Å². The molecule has 0 bridgehead atoms. The number of nitrogen functional groups attached to an aromatic ring is 1. The first-order valence-corrected chi connectivity index (χ1v) is 5.62. The summed E-state index contributed by atoms with van der Waals surface area (Å²) in [5.74, 6) is 0. The summed E-state index contributed by atoms with van der Waals surface area (Å²) in [7, 11) is 0. The van der Waals surface area contributed by atoms with Crippen LogP contribution in [-0.4, -0.2) is 9.78 Å². The molecule has 84 valence electrons. The van der Waals surface area contributed by atoms with Crippen molar-refractivity contribution in [1.29, 1.82) is 0 Å². The molecule has 0 saturated carbocycles. The molecule has 2 N–H and O–H groups in total. The lowest BCUT2D eigenvalue weighted by atomic mass is 10.2. The maximum absolute atomic E-state index is 6.18. The van der Waals surface area contributed by atoms with Gasteiger partial charge in [-0.15, -0.1) is 0 Å². The molecule has 0 amide bonds. The zero-order chi connectivity index (χ0) is 11.8. The summed E-state index contributed by atoms with van der Waals surface area (Å²) in [4.78, 5) is 0. The number of anilines is 1. The van der Waals surface area contributed by atoms with Crippen LogP contribution >= 0.6 is 11.6 Å². The van der Waals surface area contributed by atoms with E-state index in [0.29, 0.717) is 10.7 Å². The van der Waals surface area contributed by atoms with Gasteiger partial charge in [0.25, 0.3) is 0 Å². The zero-order valence-electron chi connectivity index (χ0n) is 8.97. The van der Waals surface area contributed by atoms with Crippen LogP contribution in [0.25, 0.3) is 16.6 Å². The Morgan fingerprint density at radius 1 is 1.12 bits per heavy atom. The number of aromatic nitrogens is 2. The van der Waals surface area contributed by atoms with Gasteiger partial charge in [-0.3, -0.25) is 0 Å². The van der Waals surface area contributed by atoms with Gasteiger partial charge >= 0.3 is 0 Å². The van der Waals surface area contributed by atoms with Crippen LogP contribution in [0.3, 0.4) is 0 Å². The van der Waals surface area contributed by atoms with Crippen molar-refractivity contribution in [2.45, 2.75) is 0 Å². The predicted molar refractivity (Wildman–Crippen MR) is 70.5 cm³/mol. The second-order valence-electron chi connectivity index (χ2n) is 3.83. The first-order chi connectivity index (χ1) is 8.25. The van der Waals surface area contributed by atoms with E-state index in [1.807, 2.05) is 47.3 Å². The minimum absolute atomic E-state index is 0.596. The fourth-order valence-corrected chi connectivity index (χ4v) is 2.13. The molecule has 0 atom stereocenters. The third-order valence-electron chi connectivity index (χ3n) is 2.68. The first-order valence-electron chi connectivity index (χ1n) is 5.24. The number of hydrogen-bond donors (Lipinski definition) is 1. The van der Waals surface area contributed by atoms with Gasteiger partial charge in [0.05, 0.1) is 22.4 Å². The number of nitrogens with two attached hydrogens (primary N) is 1. The van der Waals surface area contributed by atoms with Gasteiger partial charge in [-0.05, 0) is 24.3 Å². The lowest BCUT2D eigenvalue weighted by Crippen LogP contribution is -1.97. The molecule has 0 unspecified atom stereocenters. The molecular formula is C13H10ClN3. The lowest BCUT2D eigenvalue weighted by molar-refractivity contribution is 0.911. The Hall–Kier alpha value is -2.00. The molecule has 17 heavy (non-hydrogen) atoms. The summed E-state index contributed by atoms with van der Waals surface area (Å²) in [6, 6.07) is 13.4. The van der Waals surface area contributed by atoms with Crippen LogP contribution in [0.15, 0.2) is 48.7 Å². The SMILES string of the molecule is Nc1ccc(-n2ncc3ccccc32)c(Cl)c1. The van der Waals surface area contributed by atoms with Crippen LogP contribution in [0.1, 0.15) is 0 Å². The van der Waals surface area contributed by atoms with Crippen LogP contribution in [0.5, 0.6) is 0 Å². The van der Waals surface area contributed by atoms with E-state index in [2.05, 4.69) is 5.10 Å². The van der Waals surface area contributed by atoms with Crippen molar-refractivity contribution in [3.05, 3.63) is 53.7 Å². The Morgan fingerprint density at radius 3 is 2.76 bits per heavy atom. The van der Waals surface area contributed by atoms with Crippen molar-refractivity contribution in [2.24, 2.45) is 0 Å². The van der Waals surface area contributed by atoms with E-state index in [4.69, 9.17) is 17.3 Å². The summed E-state index contributed by atoms with van der Waals surface area (Å²) in [6.45, 7) is 0. The Bertz CT molecular complexity index is 688. The second kappa shape index (κ2) is 3.79. The van der Waals surface area contributed by atoms with Crippen LogP contribution in [-0.2, 0) is 0 Å². The average Bonchev–Trinajstić information content (AvgIpc) is 2.73. The normalized spacial score (nSPS) is 10.9. The summed E-state index contributed by atoms with van der Waals surface area (Å²) < 4.78 is 1.82. The van der Waals surface area contributed by atoms with E-state index < -0.39 is 0 Å². The van der Waals surface area contributed by atoms with Gasteiger partial charge in [0.2, 0.25) is 0 Å². The molecule has 2 aromatic carbocycles. The van der Waals surface area contributed by atoms with E-state index in [0.717, 1.165) is 16.6 Å². The molecule has 0 saturated heterocycles. The molecule has 0 aliphatic carbocycles. The first kappa shape index (κ1) is 10.2. The highest BCUT2D eigenvalue weighted by Crippen LogP contribution is 2.25. The number of fused-ring (bicyclic) bond motifs is 1. The number of rotatable bonds is 1. The molecule has 4 heteroatoms. The van der Waals surface area contributed by atoms with Crippen molar-refractivity contribution in [3.63, 3.8) is 0 Å². The fourth-order valence-electron chi connectivity index (χ4n) is 1.86. The molecule has 3 nitrogen and oxygen atoms in total. The third kappa shape index (κ3) is 1.65. The van der Waals surface area contributed by atoms with Gasteiger partial charge in [-0.25, -0.2) is 4.68 Å². The average molecular weight is 244 g/mol. The van der Waals surface area contributed by atoms with Crippen molar-refractivity contribution < 1.29 is 0 Å². The monoisotopic (exact) mass is 243 g/mol. The summed E-state index contributed by atoms with van der Waals surface area (Å²) in [5, 5.41) is 6.03. The third-order valence-corrected chi connectivity index (χ3v) is 2.98. The number of nitrogens with zero attached hydrogens (tertiary/aromatic N) is 2. The molecule has 3 aromatic rings. The van der Waals surface area contributed by atoms with Gasteiger partial charge in [0, 0.05) is 11.1 Å². The van der Waals surface area contributed by atoms with Gasteiger partial charge in [-0.2, -0.15) is 5.10 Å². The van der Waals surface area contributed by atoms with Crippen molar-refractivity contribution in [3.8, 4) is 5.69 Å². The quantitative estimate of drug-likeness (QED) is 0.667. The molecule has 1 heterocycles. The van der Waals surface area contributed by atoms with Crippen LogP contribution in [0.4, 0.5) is 5.69 Å². The van der Waals surface area contributed by atoms with E-state index in [9.17, 15) is 0 Å². The maximum Gasteiger partial charge on any atom is 0.0840 e. The topological polar surface area (TPSA) is 43.8 Å². The van der Waals surface area contributed by atoms with Gasteiger partial charge in [0.1, 0.15) is 0 Å². The Balaban J connectivity index is 2.27. The zero-order valence-corrected chi connectivity index (χ0v) is 9.72. The lowest BCUT2D eigenvalue weighted by Gasteiger charge is -2.06. The highest BCUT2D eigenvalue weighted by molar-refractivity contribution is 6.32. The minimum atomic E-state index is 0.596. The molecule has 1 aromatic heterocycles. The standard InChI is InChI=1S/C13H10ClN3/c14-11-7-10(15)5-6-13(11)17-12-4-2-1-3-9(12)8-16-17/h1-8H,15H2. The Morgan fingerprint density at radius 2 is 1.94 bits per heavy atom. The minimum Gasteiger partial charge on any atom is -0.399 e. The van der Waals surface area contributed by atoms with Crippen LogP contribution in [0, 0.1) is 0 Å². The van der Waals surface area contributed by atoms with Gasteiger partial charge in [0.15, 0.2) is 0 Å². The second-order valence-corrected chi connectivity index (χ2v) is 4.23. The van der Waals surface area contributed by atoms with Gasteiger partial charge in [-0.1, -0.05) is 29.8 Å². The summed E-state index contributed by atoms with van der Waals surface area (Å²) in [5.41, 5.74) is 8.19. The smallest absolute Gasteiger partial charge is 0.0840 e. The molecule has 0 spiro atoms. The van der Waals surface area contributed by atoms with Crippen molar-refractivity contribution in [1.82, 2.24) is 9.78 Å². The van der Waals surface area contributed by atoms with Crippen molar-refractivity contribution >= 4 is 28.2 Å². The highest BCUT2D eigenvalue weighted by atomic mass is 35.5. The number of benzene rings is 2. The van der Waals surface area contributed by atoms with Gasteiger partial charge < -0.3 is 5.73 Å². The molecule has 0 fully saturated rings. The number of para-hydroxylation sites is 1. The molecule has 3 rings (SSSR count). The highest BCUT2D eigenvalue weighted by Gasteiger charge is 2.07.